The third-order valence-corrected chi connectivity index (χ3v) is 9.56. The van der Waals surface area contributed by atoms with Gasteiger partial charge in [0.05, 0.1) is 0 Å². The van der Waals surface area contributed by atoms with Gasteiger partial charge in [0, 0.05) is 0 Å². The van der Waals surface area contributed by atoms with E-state index in [2.05, 4.69) is 41.3 Å². The van der Waals surface area contributed by atoms with E-state index in [1.165, 1.54) is 15.9 Å². The molecule has 0 radical (unpaired) electrons. The molecule has 0 unspecified atom stereocenters. The second-order valence-electron chi connectivity index (χ2n) is 5.97. The Labute approximate surface area is 148 Å². The van der Waals surface area contributed by atoms with Crippen molar-refractivity contribution in [3.63, 3.8) is 0 Å². The van der Waals surface area contributed by atoms with Crippen LogP contribution in [0.1, 0.15) is 6.42 Å². The van der Waals surface area contributed by atoms with E-state index in [1.807, 2.05) is 54.6 Å². The van der Waals surface area contributed by atoms with E-state index in [0.717, 1.165) is 0 Å². The van der Waals surface area contributed by atoms with Gasteiger partial charge in [-0.3, -0.25) is 0 Å². The first-order valence-corrected chi connectivity index (χ1v) is 10.5. The van der Waals surface area contributed by atoms with Gasteiger partial charge in [-0.2, -0.15) is 0 Å². The van der Waals surface area contributed by atoms with Gasteiger partial charge in [-0.15, -0.1) is 0 Å². The van der Waals surface area contributed by atoms with Gasteiger partial charge < -0.3 is 0 Å². The first-order chi connectivity index (χ1) is 12.3. The Kier molecular flexibility index (Phi) is 5.60. The molecule has 0 aliphatic heterocycles. The molecule has 0 saturated carbocycles. The number of hydrogen-bond acceptors (Lipinski definition) is 3. The molecule has 0 bridgehead atoms. The van der Waals surface area contributed by atoms with Crippen molar-refractivity contribution in [3.8, 4) is 0 Å². The topological polar surface area (TPSA) is 46.5 Å². The molecule has 4 heteroatoms. The second-order valence-corrected chi connectivity index (χ2v) is 10.0. The maximum absolute atomic E-state index is 11.7. The molecule has 0 atom stereocenters. The minimum absolute atomic E-state index is 0.168. The zero-order valence-corrected chi connectivity index (χ0v) is 14.8. The molecule has 128 valence electrons. The first kappa shape index (κ1) is 17.3. The summed E-state index contributed by atoms with van der Waals surface area (Å²) in [6.07, 6.45) is 0.797. The summed E-state index contributed by atoms with van der Waals surface area (Å²) in [6.45, 7) is 0. The standard InChI is InChI=1S/C21H21O3P/c22-21(24-23)16-17-25(18-10-4-1-5-11-18,19-12-6-2-7-13-19)20-14-8-3-9-15-20/h1-15,23,25H,16-17H2. The molecule has 0 aliphatic rings. The average molecular weight is 352 g/mol. The molecule has 3 aromatic rings. The van der Waals surface area contributed by atoms with Gasteiger partial charge in [-0.1, -0.05) is 0 Å². The van der Waals surface area contributed by atoms with Crippen LogP contribution in [0.5, 0.6) is 0 Å². The van der Waals surface area contributed by atoms with Crippen LogP contribution < -0.4 is 15.9 Å². The summed E-state index contributed by atoms with van der Waals surface area (Å²) in [5, 5.41) is 12.4. The summed E-state index contributed by atoms with van der Waals surface area (Å²) < 4.78 is 0. The minimum atomic E-state index is -2.41. The molecular formula is C21H21O3P. The zero-order valence-electron chi connectivity index (χ0n) is 13.8. The molecule has 0 spiro atoms. The molecule has 25 heavy (non-hydrogen) atoms. The van der Waals surface area contributed by atoms with Gasteiger partial charge >= 0.3 is 148 Å². The zero-order chi connectivity index (χ0) is 17.5. The van der Waals surface area contributed by atoms with Gasteiger partial charge in [0.1, 0.15) is 0 Å². The SMILES string of the molecule is O=C(CC[PH](c1ccccc1)(c1ccccc1)c1ccccc1)OO. The summed E-state index contributed by atoms with van der Waals surface area (Å²) >= 11 is 0. The molecule has 3 nitrogen and oxygen atoms in total. The van der Waals surface area contributed by atoms with Gasteiger partial charge in [-0.25, -0.2) is 0 Å². The van der Waals surface area contributed by atoms with Crippen molar-refractivity contribution in [3.05, 3.63) is 91.0 Å². The first-order valence-electron chi connectivity index (χ1n) is 8.28. The Hall–Kier alpha value is -2.48. The van der Waals surface area contributed by atoms with Crippen molar-refractivity contribution in [1.82, 2.24) is 0 Å². The van der Waals surface area contributed by atoms with E-state index >= 15 is 0 Å². The van der Waals surface area contributed by atoms with Crippen LogP contribution in [0.25, 0.3) is 0 Å². The van der Waals surface area contributed by atoms with Gasteiger partial charge in [0.2, 0.25) is 0 Å². The quantitative estimate of drug-likeness (QED) is 0.421. The van der Waals surface area contributed by atoms with Crippen molar-refractivity contribution in [1.29, 1.82) is 0 Å². The summed E-state index contributed by atoms with van der Waals surface area (Å²) in [5.41, 5.74) is 0. The Morgan fingerprint density at radius 1 is 0.720 bits per heavy atom. The summed E-state index contributed by atoms with van der Waals surface area (Å²) in [5.74, 6) is -0.598. The fraction of sp³-hybridized carbons (Fsp3) is 0.0952. The van der Waals surface area contributed by atoms with Crippen molar-refractivity contribution in [2.24, 2.45) is 0 Å². The molecule has 3 rings (SSSR count). The van der Waals surface area contributed by atoms with Crippen molar-refractivity contribution < 1.29 is 14.9 Å². The van der Waals surface area contributed by atoms with Gasteiger partial charge in [0.25, 0.3) is 0 Å². The Morgan fingerprint density at radius 2 is 1.08 bits per heavy atom. The van der Waals surface area contributed by atoms with E-state index in [1.54, 1.807) is 0 Å². The van der Waals surface area contributed by atoms with Crippen molar-refractivity contribution >= 4 is 29.1 Å². The van der Waals surface area contributed by atoms with Crippen LogP contribution in [0.2, 0.25) is 0 Å². The van der Waals surface area contributed by atoms with Crippen LogP contribution in [0.3, 0.4) is 0 Å². The normalized spacial score (nSPS) is 11.7. The molecule has 0 amide bonds. The Balaban J connectivity index is 2.22. The van der Waals surface area contributed by atoms with E-state index in [-0.39, 0.29) is 6.42 Å². The van der Waals surface area contributed by atoms with Crippen LogP contribution in [-0.2, 0) is 9.68 Å². The molecule has 0 fully saturated rings. The molecule has 3 aromatic carbocycles. The van der Waals surface area contributed by atoms with E-state index < -0.39 is 13.2 Å². The molecule has 0 heterocycles. The monoisotopic (exact) mass is 352 g/mol. The van der Waals surface area contributed by atoms with Crippen LogP contribution in [0, 0.1) is 0 Å². The predicted octanol–water partition coefficient (Wildman–Crippen LogP) is 3.12. The fourth-order valence-corrected chi connectivity index (χ4v) is 8.17. The molecular weight excluding hydrogens is 331 g/mol. The Morgan fingerprint density at radius 3 is 1.40 bits per heavy atom. The third kappa shape index (κ3) is 3.63. The molecule has 0 saturated heterocycles. The van der Waals surface area contributed by atoms with Crippen LogP contribution in [0.15, 0.2) is 91.0 Å². The molecule has 1 N–H and O–H groups in total. The van der Waals surface area contributed by atoms with Crippen LogP contribution in [-0.4, -0.2) is 17.4 Å². The van der Waals surface area contributed by atoms with Gasteiger partial charge in [0.15, 0.2) is 0 Å². The van der Waals surface area contributed by atoms with E-state index in [0.29, 0.717) is 6.16 Å². The number of hydrogen-bond donors (Lipinski definition) is 1. The second kappa shape index (κ2) is 8.06. The Bertz CT molecular complexity index is 708. The maximum atomic E-state index is 11.7. The van der Waals surface area contributed by atoms with Crippen molar-refractivity contribution in [2.45, 2.75) is 6.42 Å². The third-order valence-electron chi connectivity index (χ3n) is 4.61. The molecule has 0 aromatic heterocycles. The summed E-state index contributed by atoms with van der Waals surface area (Å²) in [4.78, 5) is 15.6. The summed E-state index contributed by atoms with van der Waals surface area (Å²) in [7, 11) is -2.41. The van der Waals surface area contributed by atoms with Crippen LogP contribution >= 0.6 is 7.26 Å². The average Bonchev–Trinajstić information content (AvgIpc) is 2.71. The summed E-state index contributed by atoms with van der Waals surface area (Å²) in [6, 6.07) is 31.0. The number of rotatable bonds is 6. The van der Waals surface area contributed by atoms with E-state index in [9.17, 15) is 4.79 Å². The fourth-order valence-electron chi connectivity index (χ4n) is 3.44. The predicted molar refractivity (Wildman–Crippen MR) is 105 cm³/mol. The van der Waals surface area contributed by atoms with Crippen LogP contribution in [0.4, 0.5) is 0 Å². The van der Waals surface area contributed by atoms with E-state index in [4.69, 9.17) is 5.26 Å². The number of carbonyl (C=O) groups excluding carboxylic acids is 1. The number of carbonyl (C=O) groups is 1. The van der Waals surface area contributed by atoms with Gasteiger partial charge in [-0.05, 0) is 0 Å². The number of benzene rings is 3. The molecule has 0 aliphatic carbocycles. The van der Waals surface area contributed by atoms with Crippen molar-refractivity contribution in [2.75, 3.05) is 6.16 Å².